The Labute approximate surface area is 190 Å². The number of piperidine rings is 1. The van der Waals surface area contributed by atoms with Crippen LogP contribution in [0.2, 0.25) is 0 Å². The van der Waals surface area contributed by atoms with Crippen LogP contribution in [0.5, 0.6) is 0 Å². The summed E-state index contributed by atoms with van der Waals surface area (Å²) in [5.74, 6) is 0.0764. The van der Waals surface area contributed by atoms with Gasteiger partial charge in [-0.05, 0) is 50.1 Å². The number of rotatable bonds is 4. The molecule has 3 aromatic rings. The van der Waals surface area contributed by atoms with Crippen LogP contribution >= 0.6 is 0 Å². The van der Waals surface area contributed by atoms with E-state index in [9.17, 15) is 14.0 Å². The molecule has 4 heterocycles. The fourth-order valence-electron chi connectivity index (χ4n) is 5.03. The number of amides is 1. The minimum atomic E-state index is -0.536. The molecule has 0 saturated carbocycles. The van der Waals surface area contributed by atoms with Gasteiger partial charge in [0.25, 0.3) is 11.5 Å². The van der Waals surface area contributed by atoms with Crippen LogP contribution in [0.1, 0.15) is 41.5 Å². The molecule has 1 unspecified atom stereocenters. The fraction of sp³-hybridized carbons (Fsp3) is 0.417. The van der Waals surface area contributed by atoms with Gasteiger partial charge in [-0.25, -0.2) is 14.4 Å². The van der Waals surface area contributed by atoms with Crippen molar-refractivity contribution in [2.45, 2.75) is 31.2 Å². The summed E-state index contributed by atoms with van der Waals surface area (Å²) in [6.07, 6.45) is 4.77. The van der Waals surface area contributed by atoms with Crippen LogP contribution in [0.25, 0.3) is 10.9 Å². The summed E-state index contributed by atoms with van der Waals surface area (Å²) in [5.41, 5.74) is 1.46. The number of aromatic amines is 1. The number of carbonyl (C=O) groups is 1. The number of aromatic nitrogens is 3. The molecule has 5 rings (SSSR count). The van der Waals surface area contributed by atoms with E-state index in [0.717, 1.165) is 51.1 Å². The third-order valence-electron chi connectivity index (χ3n) is 6.86. The van der Waals surface area contributed by atoms with E-state index < -0.39 is 11.4 Å². The lowest BCUT2D eigenvalue weighted by atomic mass is 10.0. The van der Waals surface area contributed by atoms with E-state index in [2.05, 4.69) is 30.1 Å². The summed E-state index contributed by atoms with van der Waals surface area (Å²) in [6.45, 7) is 3.66. The first kappa shape index (κ1) is 21.5. The van der Waals surface area contributed by atoms with Crippen LogP contribution in [0.4, 0.5) is 10.1 Å². The summed E-state index contributed by atoms with van der Waals surface area (Å²) in [4.78, 5) is 40.6. The number of nitrogens with zero attached hydrogens (tertiary/aromatic N) is 4. The first-order valence-electron chi connectivity index (χ1n) is 11.4. The van der Waals surface area contributed by atoms with Crippen LogP contribution in [0.3, 0.4) is 0 Å². The zero-order chi connectivity index (χ0) is 22.9. The molecule has 33 heavy (non-hydrogen) atoms. The van der Waals surface area contributed by atoms with Gasteiger partial charge < -0.3 is 15.2 Å². The maximum absolute atomic E-state index is 14.0. The van der Waals surface area contributed by atoms with Crippen molar-refractivity contribution in [2.75, 3.05) is 38.1 Å². The summed E-state index contributed by atoms with van der Waals surface area (Å²) in [6, 6.07) is 8.76. The average Bonchev–Trinajstić information content (AvgIpc) is 3.34. The number of halogens is 1. The van der Waals surface area contributed by atoms with Gasteiger partial charge in [0.1, 0.15) is 22.7 Å². The summed E-state index contributed by atoms with van der Waals surface area (Å²) < 4.78 is 14.0. The summed E-state index contributed by atoms with van der Waals surface area (Å²) in [5, 5.41) is 2.61. The highest BCUT2D eigenvalue weighted by atomic mass is 19.1. The molecule has 0 aliphatic carbocycles. The Morgan fingerprint density at radius 2 is 1.97 bits per heavy atom. The van der Waals surface area contributed by atoms with Crippen LogP contribution in [-0.2, 0) is 0 Å². The molecule has 8 nitrogen and oxygen atoms in total. The Balaban J connectivity index is 1.21. The van der Waals surface area contributed by atoms with E-state index in [1.165, 1.54) is 6.07 Å². The van der Waals surface area contributed by atoms with E-state index >= 15 is 0 Å². The maximum atomic E-state index is 14.0. The number of fused-ring (bicyclic) bond motifs is 1. The third-order valence-corrected chi connectivity index (χ3v) is 6.86. The van der Waals surface area contributed by atoms with E-state index in [1.807, 2.05) is 6.07 Å². The summed E-state index contributed by atoms with van der Waals surface area (Å²) in [7, 11) is 1.60. The normalized spacial score (nSPS) is 19.8. The Hall–Kier alpha value is -3.33. The lowest BCUT2D eigenvalue weighted by Gasteiger charge is -2.37. The number of hydrogen-bond donors (Lipinski definition) is 2. The van der Waals surface area contributed by atoms with Gasteiger partial charge in [-0.15, -0.1) is 0 Å². The first-order valence-corrected chi connectivity index (χ1v) is 11.4. The van der Waals surface area contributed by atoms with Crippen molar-refractivity contribution >= 4 is 22.5 Å². The standard InChI is InChI=1S/C24H27FN6O2/c1-26-23(32)20-6-5-17(13-27-20)30-11-8-16(9-12-30)31-10-7-15(14-31)22-28-19-4-2-3-18(25)21(19)24(33)29-22/h2-6,13,15-16H,7-12,14H2,1H3,(H,26,32)(H,28,29,33). The monoisotopic (exact) mass is 450 g/mol. The Kier molecular flexibility index (Phi) is 5.80. The predicted octanol–water partition coefficient (Wildman–Crippen LogP) is 2.28. The molecule has 1 amide bonds. The third kappa shape index (κ3) is 4.20. The predicted molar refractivity (Wildman–Crippen MR) is 124 cm³/mol. The Morgan fingerprint density at radius 1 is 1.15 bits per heavy atom. The van der Waals surface area contributed by atoms with Gasteiger partial charge in [0.05, 0.1) is 17.4 Å². The lowest BCUT2D eigenvalue weighted by Crippen LogP contribution is -2.44. The highest BCUT2D eigenvalue weighted by Crippen LogP contribution is 2.30. The second-order valence-electron chi connectivity index (χ2n) is 8.76. The van der Waals surface area contributed by atoms with Crippen molar-refractivity contribution in [3.63, 3.8) is 0 Å². The van der Waals surface area contributed by atoms with Crippen molar-refractivity contribution in [1.29, 1.82) is 0 Å². The smallest absolute Gasteiger partial charge is 0.269 e. The molecule has 2 aliphatic rings. The second-order valence-corrected chi connectivity index (χ2v) is 8.76. The van der Waals surface area contributed by atoms with Crippen molar-refractivity contribution in [3.05, 3.63) is 64.2 Å². The van der Waals surface area contributed by atoms with Gasteiger partial charge in [0.2, 0.25) is 0 Å². The minimum Gasteiger partial charge on any atom is -0.370 e. The van der Waals surface area contributed by atoms with Crippen LogP contribution < -0.4 is 15.8 Å². The zero-order valence-corrected chi connectivity index (χ0v) is 18.6. The summed E-state index contributed by atoms with van der Waals surface area (Å²) >= 11 is 0. The first-order chi connectivity index (χ1) is 16.0. The van der Waals surface area contributed by atoms with E-state index in [1.54, 1.807) is 31.4 Å². The van der Waals surface area contributed by atoms with Crippen molar-refractivity contribution in [3.8, 4) is 0 Å². The molecule has 2 aliphatic heterocycles. The van der Waals surface area contributed by atoms with Gasteiger partial charge >= 0.3 is 0 Å². The molecule has 0 radical (unpaired) electrons. The van der Waals surface area contributed by atoms with Gasteiger partial charge in [-0.2, -0.15) is 0 Å². The number of pyridine rings is 1. The number of nitrogens with one attached hydrogen (secondary N) is 2. The molecular weight excluding hydrogens is 423 g/mol. The SMILES string of the molecule is CNC(=O)c1ccc(N2CCC(N3CCC(c4nc5cccc(F)c5c(=O)[nH]4)C3)CC2)cn1. The number of likely N-dealkylation sites (tertiary alicyclic amines) is 1. The molecule has 1 atom stereocenters. The fourth-order valence-corrected chi connectivity index (χ4v) is 5.03. The average molecular weight is 451 g/mol. The number of anilines is 1. The maximum Gasteiger partial charge on any atom is 0.269 e. The molecule has 172 valence electrons. The molecular formula is C24H27FN6O2. The topological polar surface area (TPSA) is 94.2 Å². The molecule has 2 N–H and O–H groups in total. The number of H-pyrrole nitrogens is 1. The molecule has 0 spiro atoms. The van der Waals surface area contributed by atoms with E-state index in [0.29, 0.717) is 23.1 Å². The zero-order valence-electron chi connectivity index (χ0n) is 18.6. The van der Waals surface area contributed by atoms with Crippen molar-refractivity contribution in [2.24, 2.45) is 0 Å². The van der Waals surface area contributed by atoms with Gasteiger partial charge in [-0.3, -0.25) is 14.5 Å². The number of benzene rings is 1. The van der Waals surface area contributed by atoms with Crippen LogP contribution in [0.15, 0.2) is 41.3 Å². The molecule has 2 saturated heterocycles. The van der Waals surface area contributed by atoms with Gasteiger partial charge in [0.15, 0.2) is 0 Å². The molecule has 1 aromatic carbocycles. The number of hydrogen-bond acceptors (Lipinski definition) is 6. The quantitative estimate of drug-likeness (QED) is 0.633. The Morgan fingerprint density at radius 3 is 2.70 bits per heavy atom. The molecule has 9 heteroatoms. The van der Waals surface area contributed by atoms with Gasteiger partial charge in [-0.1, -0.05) is 6.07 Å². The molecule has 2 aromatic heterocycles. The van der Waals surface area contributed by atoms with Crippen LogP contribution in [0, 0.1) is 5.82 Å². The lowest BCUT2D eigenvalue weighted by molar-refractivity contribution is 0.0958. The van der Waals surface area contributed by atoms with Gasteiger partial charge in [0, 0.05) is 38.6 Å². The minimum absolute atomic E-state index is 0.0290. The van der Waals surface area contributed by atoms with Crippen molar-refractivity contribution < 1.29 is 9.18 Å². The largest absolute Gasteiger partial charge is 0.370 e. The molecule has 2 fully saturated rings. The van der Waals surface area contributed by atoms with Crippen molar-refractivity contribution in [1.82, 2.24) is 25.2 Å². The highest BCUT2D eigenvalue weighted by Gasteiger charge is 2.32. The van der Waals surface area contributed by atoms with E-state index in [-0.39, 0.29) is 17.2 Å². The van der Waals surface area contributed by atoms with Crippen LogP contribution in [-0.4, -0.2) is 65.0 Å². The number of carbonyl (C=O) groups excluding carboxylic acids is 1. The highest BCUT2D eigenvalue weighted by molar-refractivity contribution is 5.92. The Bertz CT molecular complexity index is 1220. The second kappa shape index (κ2) is 8.90. The van der Waals surface area contributed by atoms with E-state index in [4.69, 9.17) is 0 Å². The molecule has 0 bridgehead atoms.